The highest BCUT2D eigenvalue weighted by molar-refractivity contribution is 5.76. The van der Waals surface area contributed by atoms with E-state index in [0.29, 0.717) is 5.92 Å². The number of imidazole rings is 1. The van der Waals surface area contributed by atoms with Crippen molar-refractivity contribution >= 4 is 11.0 Å². The quantitative estimate of drug-likeness (QED) is 0.766. The van der Waals surface area contributed by atoms with Crippen LogP contribution in [0.15, 0.2) is 18.2 Å². The van der Waals surface area contributed by atoms with Crippen LogP contribution >= 0.6 is 0 Å². The third-order valence-corrected chi connectivity index (χ3v) is 2.21. The molecular formula is C12H15N2O. The van der Waals surface area contributed by atoms with Gasteiger partial charge in [0.2, 0.25) is 0 Å². The largest absolute Gasteiger partial charge is 0.493 e. The molecule has 0 amide bonds. The number of rotatable bonds is 3. The second-order valence-corrected chi connectivity index (χ2v) is 4.13. The fourth-order valence-corrected chi connectivity index (χ4v) is 1.41. The van der Waals surface area contributed by atoms with Gasteiger partial charge in [0.25, 0.3) is 0 Å². The molecule has 0 atom stereocenters. The zero-order chi connectivity index (χ0) is 10.8. The van der Waals surface area contributed by atoms with Gasteiger partial charge in [0, 0.05) is 13.1 Å². The van der Waals surface area contributed by atoms with E-state index >= 15 is 0 Å². The molecule has 0 N–H and O–H groups in total. The average Bonchev–Trinajstić information content (AvgIpc) is 2.57. The van der Waals surface area contributed by atoms with Crippen LogP contribution < -0.4 is 4.74 Å². The number of aryl methyl sites for hydroxylation is 1. The van der Waals surface area contributed by atoms with Gasteiger partial charge in [-0.2, -0.15) is 0 Å². The van der Waals surface area contributed by atoms with E-state index in [-0.39, 0.29) is 0 Å². The van der Waals surface area contributed by atoms with Crippen LogP contribution in [-0.4, -0.2) is 16.2 Å². The second-order valence-electron chi connectivity index (χ2n) is 4.13. The van der Waals surface area contributed by atoms with Crippen molar-refractivity contribution in [3.05, 3.63) is 24.5 Å². The van der Waals surface area contributed by atoms with E-state index in [4.69, 9.17) is 4.74 Å². The van der Waals surface area contributed by atoms with Crippen LogP contribution in [0.5, 0.6) is 5.75 Å². The summed E-state index contributed by atoms with van der Waals surface area (Å²) in [4.78, 5) is 4.16. The molecule has 2 aromatic rings. The minimum Gasteiger partial charge on any atom is -0.493 e. The molecule has 1 aromatic carbocycles. The molecule has 15 heavy (non-hydrogen) atoms. The summed E-state index contributed by atoms with van der Waals surface area (Å²) >= 11 is 0. The smallest absolute Gasteiger partial charge is 0.177 e. The van der Waals surface area contributed by atoms with E-state index in [2.05, 4.69) is 25.2 Å². The van der Waals surface area contributed by atoms with Gasteiger partial charge in [0.15, 0.2) is 6.33 Å². The van der Waals surface area contributed by atoms with Crippen molar-refractivity contribution in [3.63, 3.8) is 0 Å². The molecular weight excluding hydrogens is 188 g/mol. The van der Waals surface area contributed by atoms with Crippen LogP contribution in [-0.2, 0) is 7.05 Å². The van der Waals surface area contributed by atoms with Gasteiger partial charge in [-0.15, -0.1) is 0 Å². The molecule has 0 unspecified atom stereocenters. The Morgan fingerprint density at radius 1 is 1.47 bits per heavy atom. The average molecular weight is 203 g/mol. The normalized spacial score (nSPS) is 11.2. The highest BCUT2D eigenvalue weighted by atomic mass is 16.5. The summed E-state index contributed by atoms with van der Waals surface area (Å²) in [5.74, 6) is 1.42. The standard InChI is InChI=1S/C12H15N2O/c1-9(2)7-15-10-4-5-12-11(6-10)13-8-14(12)3/h4-6,9H,7H2,1-3H3. The van der Waals surface area contributed by atoms with Crippen molar-refractivity contribution in [2.45, 2.75) is 13.8 Å². The summed E-state index contributed by atoms with van der Waals surface area (Å²) in [6.45, 7) is 5.00. The molecule has 0 bridgehead atoms. The van der Waals surface area contributed by atoms with Crippen LogP contribution in [0.2, 0.25) is 0 Å². The lowest BCUT2D eigenvalue weighted by Gasteiger charge is -2.08. The van der Waals surface area contributed by atoms with E-state index in [9.17, 15) is 0 Å². The first kappa shape index (κ1) is 10.0. The van der Waals surface area contributed by atoms with Gasteiger partial charge >= 0.3 is 0 Å². The Balaban J connectivity index is 2.23. The summed E-state index contributed by atoms with van der Waals surface area (Å²) < 4.78 is 7.50. The summed E-state index contributed by atoms with van der Waals surface area (Å²) in [6, 6.07) is 5.93. The van der Waals surface area contributed by atoms with Crippen LogP contribution in [0.4, 0.5) is 0 Å². The molecule has 3 nitrogen and oxygen atoms in total. The molecule has 2 rings (SSSR count). The highest BCUT2D eigenvalue weighted by Crippen LogP contribution is 2.19. The van der Waals surface area contributed by atoms with E-state index in [1.165, 1.54) is 0 Å². The van der Waals surface area contributed by atoms with Crippen molar-refractivity contribution < 1.29 is 4.74 Å². The summed E-state index contributed by atoms with van der Waals surface area (Å²) in [6.07, 6.45) is 2.88. The Labute approximate surface area is 89.7 Å². The fourth-order valence-electron chi connectivity index (χ4n) is 1.41. The molecule has 0 saturated carbocycles. The molecule has 1 radical (unpaired) electrons. The predicted molar refractivity (Wildman–Crippen MR) is 59.9 cm³/mol. The van der Waals surface area contributed by atoms with Gasteiger partial charge in [-0.05, 0) is 18.1 Å². The molecule has 0 spiro atoms. The van der Waals surface area contributed by atoms with E-state index in [1.54, 1.807) is 0 Å². The Morgan fingerprint density at radius 2 is 2.27 bits per heavy atom. The second kappa shape index (κ2) is 3.93. The van der Waals surface area contributed by atoms with Crippen molar-refractivity contribution in [3.8, 4) is 5.75 Å². The lowest BCUT2D eigenvalue weighted by molar-refractivity contribution is 0.271. The summed E-state index contributed by atoms with van der Waals surface area (Å²) in [7, 11) is 1.93. The minimum atomic E-state index is 0.538. The van der Waals surface area contributed by atoms with Crippen molar-refractivity contribution in [2.75, 3.05) is 6.61 Å². The molecule has 1 heterocycles. The Hall–Kier alpha value is -1.51. The maximum absolute atomic E-state index is 5.62. The SMILES string of the molecule is CC(C)COc1ccc2c(c1)n[c]n2C. The zero-order valence-corrected chi connectivity index (χ0v) is 9.32. The van der Waals surface area contributed by atoms with Crippen LogP contribution in [0.1, 0.15) is 13.8 Å². The van der Waals surface area contributed by atoms with Gasteiger partial charge in [0.05, 0.1) is 17.6 Å². The number of ether oxygens (including phenoxy) is 1. The van der Waals surface area contributed by atoms with Gasteiger partial charge < -0.3 is 9.30 Å². The highest BCUT2D eigenvalue weighted by Gasteiger charge is 2.02. The predicted octanol–water partition coefficient (Wildman–Crippen LogP) is 2.41. The molecule has 79 valence electrons. The molecule has 1 aromatic heterocycles. The Bertz CT molecular complexity index is 460. The number of benzene rings is 1. The first-order chi connectivity index (χ1) is 7.16. The van der Waals surface area contributed by atoms with E-state index in [0.717, 1.165) is 23.4 Å². The van der Waals surface area contributed by atoms with Crippen molar-refractivity contribution in [2.24, 2.45) is 13.0 Å². The lowest BCUT2D eigenvalue weighted by atomic mass is 10.2. The maximum atomic E-state index is 5.62. The summed E-state index contributed by atoms with van der Waals surface area (Å²) in [5, 5.41) is 0. The van der Waals surface area contributed by atoms with Crippen LogP contribution in [0.25, 0.3) is 11.0 Å². The monoisotopic (exact) mass is 203 g/mol. The third kappa shape index (κ3) is 2.12. The number of fused-ring (bicyclic) bond motifs is 1. The van der Waals surface area contributed by atoms with Gasteiger partial charge in [-0.1, -0.05) is 13.8 Å². The Kier molecular flexibility index (Phi) is 2.62. The molecule has 0 aliphatic rings. The van der Waals surface area contributed by atoms with E-state index < -0.39 is 0 Å². The van der Waals surface area contributed by atoms with Crippen LogP contribution in [0, 0.1) is 12.2 Å². The van der Waals surface area contributed by atoms with Crippen molar-refractivity contribution in [1.29, 1.82) is 0 Å². The first-order valence-corrected chi connectivity index (χ1v) is 5.14. The number of hydrogen-bond donors (Lipinski definition) is 0. The van der Waals surface area contributed by atoms with E-state index in [1.807, 2.05) is 29.8 Å². The molecule has 0 saturated heterocycles. The van der Waals surface area contributed by atoms with Gasteiger partial charge in [-0.25, -0.2) is 4.98 Å². The van der Waals surface area contributed by atoms with Gasteiger partial charge in [-0.3, -0.25) is 0 Å². The number of hydrogen-bond acceptors (Lipinski definition) is 2. The van der Waals surface area contributed by atoms with Crippen molar-refractivity contribution in [1.82, 2.24) is 9.55 Å². The first-order valence-electron chi connectivity index (χ1n) is 5.14. The molecule has 0 aliphatic heterocycles. The maximum Gasteiger partial charge on any atom is 0.177 e. The zero-order valence-electron chi connectivity index (χ0n) is 9.32. The van der Waals surface area contributed by atoms with Gasteiger partial charge in [0.1, 0.15) is 5.75 Å². The summed E-state index contributed by atoms with van der Waals surface area (Å²) in [5.41, 5.74) is 2.01. The molecule has 0 fully saturated rings. The lowest BCUT2D eigenvalue weighted by Crippen LogP contribution is -2.04. The molecule has 0 aliphatic carbocycles. The number of aromatic nitrogens is 2. The minimum absolute atomic E-state index is 0.538. The third-order valence-electron chi connectivity index (χ3n) is 2.21. The number of nitrogens with zero attached hydrogens (tertiary/aromatic N) is 2. The van der Waals surface area contributed by atoms with Crippen LogP contribution in [0.3, 0.4) is 0 Å². The topological polar surface area (TPSA) is 27.1 Å². The molecule has 3 heteroatoms. The fraction of sp³-hybridized carbons (Fsp3) is 0.417. The Morgan fingerprint density at radius 3 is 3.00 bits per heavy atom.